The van der Waals surface area contributed by atoms with Crippen LogP contribution in [0.2, 0.25) is 0 Å². The molecule has 1 aromatic carbocycles. The van der Waals surface area contributed by atoms with E-state index in [-0.39, 0.29) is 24.0 Å². The molecule has 0 aromatic heterocycles. The number of nitrogens with zero attached hydrogens (tertiary/aromatic N) is 1. The summed E-state index contributed by atoms with van der Waals surface area (Å²) in [5.74, 6) is -2.90. The van der Waals surface area contributed by atoms with Gasteiger partial charge in [0.15, 0.2) is 0 Å². The number of carboxylic acid groups (broad SMARTS) is 1. The van der Waals surface area contributed by atoms with Crippen LogP contribution in [0.4, 0.5) is 5.69 Å². The first-order valence-corrected chi connectivity index (χ1v) is 8.75. The van der Waals surface area contributed by atoms with Crippen molar-refractivity contribution in [3.05, 3.63) is 42.0 Å². The Hall–Kier alpha value is -2.18. The van der Waals surface area contributed by atoms with E-state index in [1.807, 2.05) is 30.3 Å². The highest BCUT2D eigenvalue weighted by Crippen LogP contribution is 2.62. The lowest BCUT2D eigenvalue weighted by Gasteiger charge is -2.43. The van der Waals surface area contributed by atoms with Gasteiger partial charge in [-0.25, -0.2) is 0 Å². The Balaban J connectivity index is 1.59. The van der Waals surface area contributed by atoms with E-state index in [1.54, 1.807) is 11.0 Å². The van der Waals surface area contributed by atoms with Crippen molar-refractivity contribution >= 4 is 17.6 Å². The van der Waals surface area contributed by atoms with Crippen molar-refractivity contribution in [2.24, 2.45) is 17.8 Å². The van der Waals surface area contributed by atoms with Gasteiger partial charge in [-0.05, 0) is 12.5 Å². The van der Waals surface area contributed by atoms with E-state index >= 15 is 0 Å². The Kier molecular flexibility index (Phi) is 2.42. The van der Waals surface area contributed by atoms with Gasteiger partial charge in [-0.3, -0.25) is 4.79 Å². The van der Waals surface area contributed by atoms with Crippen molar-refractivity contribution in [3.63, 3.8) is 0 Å². The van der Waals surface area contributed by atoms with Gasteiger partial charge >= 0.3 is 0 Å². The predicted molar refractivity (Wildman–Crippen MR) is 83.2 cm³/mol. The Morgan fingerprint density at radius 1 is 1.32 bits per heavy atom. The molecule has 1 amide bonds. The lowest BCUT2D eigenvalue weighted by atomic mass is 9.70. The summed E-state index contributed by atoms with van der Waals surface area (Å²) in [7, 11) is 0. The zero-order valence-corrected chi connectivity index (χ0v) is 13.3. The number of ether oxygens (including phenoxy) is 2. The Labute approximate surface area is 144 Å². The third-order valence-electron chi connectivity index (χ3n) is 6.65. The van der Waals surface area contributed by atoms with Crippen LogP contribution in [0, 0.1) is 17.8 Å². The molecule has 6 nitrogen and oxygen atoms in total. The van der Waals surface area contributed by atoms with Crippen LogP contribution >= 0.6 is 0 Å². The standard InChI is InChI=1S/C19H17NO5/c21-17-14-13(18(22)23)12-5-7-19(14,25-12)16-10-6-8-24-15(10)9-3-1-2-4-11(9)20(16)17/h1-5,7,10,12-16H,6,8H2,(H,22,23)/p-1/t10-,12-,13+,14-,15-,16+,19+/m1/s1. The van der Waals surface area contributed by atoms with Gasteiger partial charge in [0, 0.05) is 35.7 Å². The molecule has 6 heteroatoms. The summed E-state index contributed by atoms with van der Waals surface area (Å²) in [5, 5.41) is 11.7. The van der Waals surface area contributed by atoms with E-state index in [4.69, 9.17) is 9.47 Å². The highest BCUT2D eigenvalue weighted by atomic mass is 16.5. The van der Waals surface area contributed by atoms with Crippen molar-refractivity contribution < 1.29 is 24.2 Å². The molecule has 0 N–H and O–H groups in total. The van der Waals surface area contributed by atoms with E-state index in [9.17, 15) is 14.7 Å². The number of carbonyl (C=O) groups excluding carboxylic acids is 2. The van der Waals surface area contributed by atoms with Crippen LogP contribution in [-0.2, 0) is 19.1 Å². The molecule has 5 aliphatic rings. The Bertz CT molecular complexity index is 850. The fourth-order valence-corrected chi connectivity index (χ4v) is 5.85. The van der Waals surface area contributed by atoms with Crippen molar-refractivity contribution in [1.29, 1.82) is 0 Å². The number of rotatable bonds is 1. The maximum atomic E-state index is 13.4. The molecule has 7 atom stereocenters. The quantitative estimate of drug-likeness (QED) is 0.683. The molecule has 1 spiro atoms. The second-order valence-corrected chi connectivity index (χ2v) is 7.57. The third kappa shape index (κ3) is 1.42. The van der Waals surface area contributed by atoms with Gasteiger partial charge in [0.1, 0.15) is 5.60 Å². The number of para-hydroxylation sites is 1. The monoisotopic (exact) mass is 338 g/mol. The minimum absolute atomic E-state index is 0.0728. The van der Waals surface area contributed by atoms with E-state index < -0.39 is 29.5 Å². The summed E-state index contributed by atoms with van der Waals surface area (Å²) in [4.78, 5) is 26.9. The number of hydrogen-bond donors (Lipinski definition) is 0. The molecule has 0 saturated carbocycles. The number of anilines is 1. The molecule has 128 valence electrons. The molecule has 6 rings (SSSR count). The van der Waals surface area contributed by atoms with Gasteiger partial charge in [-0.15, -0.1) is 0 Å². The molecule has 2 bridgehead atoms. The maximum Gasteiger partial charge on any atom is 0.234 e. The molecule has 3 fully saturated rings. The summed E-state index contributed by atoms with van der Waals surface area (Å²) < 4.78 is 12.2. The first-order valence-electron chi connectivity index (χ1n) is 8.75. The highest BCUT2D eigenvalue weighted by molar-refractivity contribution is 6.04. The zero-order valence-electron chi connectivity index (χ0n) is 13.3. The lowest BCUT2D eigenvalue weighted by molar-refractivity contribution is -0.313. The van der Waals surface area contributed by atoms with Crippen LogP contribution < -0.4 is 10.0 Å². The lowest BCUT2D eigenvalue weighted by Crippen LogP contribution is -2.53. The molecule has 0 unspecified atom stereocenters. The highest BCUT2D eigenvalue weighted by Gasteiger charge is 2.73. The second kappa shape index (κ2) is 4.31. The van der Waals surface area contributed by atoms with Crippen LogP contribution in [-0.4, -0.2) is 36.2 Å². The van der Waals surface area contributed by atoms with E-state index in [2.05, 4.69) is 0 Å². The van der Waals surface area contributed by atoms with E-state index in [0.29, 0.717) is 6.61 Å². The normalized spacial score (nSPS) is 45.3. The summed E-state index contributed by atoms with van der Waals surface area (Å²) in [5.41, 5.74) is 0.952. The van der Waals surface area contributed by atoms with Gasteiger partial charge in [0.05, 0.1) is 24.2 Å². The average molecular weight is 338 g/mol. The number of carboxylic acids is 1. The average Bonchev–Trinajstić information content (AvgIpc) is 3.35. The van der Waals surface area contributed by atoms with Crippen molar-refractivity contribution in [1.82, 2.24) is 0 Å². The fraction of sp³-hybridized carbons (Fsp3) is 0.474. The van der Waals surface area contributed by atoms with Crippen LogP contribution in [0.3, 0.4) is 0 Å². The largest absolute Gasteiger partial charge is 0.550 e. The SMILES string of the molecule is O=C([O-])[C@H]1[C@H]2C=C[C@@]3(O2)[C@@H]2[C@@H]4CCO[C@@H]4c4ccccc4N2C(=O)[C@@H]13. The molecule has 5 aliphatic heterocycles. The number of carbonyl (C=O) groups is 2. The summed E-state index contributed by atoms with van der Waals surface area (Å²) in [6.07, 6.45) is 3.91. The topological polar surface area (TPSA) is 78.9 Å². The molecule has 25 heavy (non-hydrogen) atoms. The summed E-state index contributed by atoms with van der Waals surface area (Å²) in [6, 6.07) is 7.54. The number of fused-ring (bicyclic) bond motifs is 7. The van der Waals surface area contributed by atoms with E-state index in [0.717, 1.165) is 17.7 Å². The maximum absolute atomic E-state index is 13.4. The van der Waals surface area contributed by atoms with Crippen LogP contribution in [0.1, 0.15) is 18.1 Å². The first-order chi connectivity index (χ1) is 12.1. The van der Waals surface area contributed by atoms with Crippen molar-refractivity contribution in [3.8, 4) is 0 Å². The Morgan fingerprint density at radius 3 is 3.00 bits per heavy atom. The van der Waals surface area contributed by atoms with Gasteiger partial charge in [-0.2, -0.15) is 0 Å². The minimum atomic E-state index is -1.21. The van der Waals surface area contributed by atoms with Gasteiger partial charge in [0.25, 0.3) is 0 Å². The summed E-state index contributed by atoms with van der Waals surface area (Å²) >= 11 is 0. The zero-order chi connectivity index (χ0) is 16.9. The smallest absolute Gasteiger partial charge is 0.234 e. The number of amides is 1. The molecule has 0 aliphatic carbocycles. The van der Waals surface area contributed by atoms with Crippen LogP contribution in [0.15, 0.2) is 36.4 Å². The van der Waals surface area contributed by atoms with Crippen LogP contribution in [0.25, 0.3) is 0 Å². The van der Waals surface area contributed by atoms with Crippen LogP contribution in [0.5, 0.6) is 0 Å². The molecule has 0 radical (unpaired) electrons. The van der Waals surface area contributed by atoms with E-state index in [1.165, 1.54) is 0 Å². The Morgan fingerprint density at radius 2 is 2.16 bits per heavy atom. The third-order valence-corrected chi connectivity index (χ3v) is 6.65. The number of benzene rings is 1. The second-order valence-electron chi connectivity index (χ2n) is 7.57. The van der Waals surface area contributed by atoms with Crippen molar-refractivity contribution in [2.45, 2.75) is 30.3 Å². The first kappa shape index (κ1) is 14.0. The number of hydrogen-bond acceptors (Lipinski definition) is 5. The molecule has 5 heterocycles. The number of aliphatic carboxylic acids is 1. The molecule has 3 saturated heterocycles. The molecular weight excluding hydrogens is 322 g/mol. The minimum Gasteiger partial charge on any atom is -0.550 e. The van der Waals surface area contributed by atoms with Gasteiger partial charge < -0.3 is 24.3 Å². The summed E-state index contributed by atoms with van der Waals surface area (Å²) in [6.45, 7) is 0.639. The van der Waals surface area contributed by atoms with Gasteiger partial charge in [0.2, 0.25) is 5.91 Å². The van der Waals surface area contributed by atoms with Gasteiger partial charge in [-0.1, -0.05) is 30.4 Å². The fourth-order valence-electron chi connectivity index (χ4n) is 5.85. The predicted octanol–water partition coefficient (Wildman–Crippen LogP) is 0.183. The molecule has 1 aromatic rings. The van der Waals surface area contributed by atoms with Crippen molar-refractivity contribution in [2.75, 3.05) is 11.5 Å². The molecular formula is C19H16NO5-.